The molecule has 0 spiro atoms. The lowest BCUT2D eigenvalue weighted by Gasteiger charge is -2.14. The van der Waals surface area contributed by atoms with Crippen LogP contribution in [-0.2, 0) is 28.5 Å². The fourth-order valence-corrected chi connectivity index (χ4v) is 2.26. The van der Waals surface area contributed by atoms with Crippen LogP contribution >= 0.6 is 0 Å². The molecule has 0 aliphatic carbocycles. The van der Waals surface area contributed by atoms with Gasteiger partial charge in [0.25, 0.3) is 6.47 Å². The molecule has 1 aromatic carbocycles. The predicted octanol–water partition coefficient (Wildman–Crippen LogP) is 2.66. The van der Waals surface area contributed by atoms with Gasteiger partial charge < -0.3 is 4.74 Å². The van der Waals surface area contributed by atoms with Crippen LogP contribution in [0.25, 0.3) is 0 Å². The molecule has 0 aliphatic rings. The highest BCUT2D eigenvalue weighted by molar-refractivity contribution is 5.43. The monoisotopic (exact) mass is 343 g/mol. The quantitative estimate of drug-likeness (QED) is 0.473. The third-order valence-corrected chi connectivity index (χ3v) is 3.25. The van der Waals surface area contributed by atoms with Gasteiger partial charge in [0.2, 0.25) is 5.69 Å². The molecule has 7 nitrogen and oxygen atoms in total. The Balaban J connectivity index is 2.28. The minimum atomic E-state index is -4.96. The second kappa shape index (κ2) is 7.11. The smallest absolute Gasteiger partial charge is 0.442 e. The highest BCUT2D eigenvalue weighted by Crippen LogP contribution is 2.36. The zero-order valence-electron chi connectivity index (χ0n) is 12.1. The Morgan fingerprint density at radius 3 is 2.50 bits per heavy atom. The highest BCUT2D eigenvalue weighted by Gasteiger charge is 2.44. The number of ether oxygens (including phenoxy) is 1. The van der Waals surface area contributed by atoms with Crippen LogP contribution in [0.4, 0.5) is 18.9 Å². The first-order valence-corrected chi connectivity index (χ1v) is 6.74. The van der Waals surface area contributed by atoms with Crippen molar-refractivity contribution in [3.63, 3.8) is 0 Å². The molecule has 0 saturated heterocycles. The first kappa shape index (κ1) is 17.4. The summed E-state index contributed by atoms with van der Waals surface area (Å²) >= 11 is 0. The molecule has 1 atom stereocenters. The number of aromatic amines is 1. The van der Waals surface area contributed by atoms with Crippen LogP contribution in [0.15, 0.2) is 30.3 Å². The van der Waals surface area contributed by atoms with Gasteiger partial charge in [-0.1, -0.05) is 30.3 Å². The van der Waals surface area contributed by atoms with E-state index in [1.54, 1.807) is 30.3 Å². The molecule has 0 fully saturated rings. The summed E-state index contributed by atoms with van der Waals surface area (Å²) in [4.78, 5) is 20.4. The van der Waals surface area contributed by atoms with Crippen LogP contribution < -0.4 is 0 Å². The minimum absolute atomic E-state index is 0.153. The molecule has 0 saturated carbocycles. The van der Waals surface area contributed by atoms with Crippen molar-refractivity contribution in [1.29, 1.82) is 0 Å². The van der Waals surface area contributed by atoms with E-state index >= 15 is 0 Å². The van der Waals surface area contributed by atoms with E-state index in [4.69, 9.17) is 4.74 Å². The van der Waals surface area contributed by atoms with Gasteiger partial charge in [-0.15, -0.1) is 0 Å². The number of alkyl halides is 3. The molecular weight excluding hydrogens is 331 g/mol. The Morgan fingerprint density at radius 2 is 1.96 bits per heavy atom. The van der Waals surface area contributed by atoms with Gasteiger partial charge in [0, 0.05) is 12.8 Å². The standard InChI is InChI=1S/C14H12F3N3O4/c15-14(16,17)13-12(20(22)23)11(18-19-13)7-10(24-8-21)6-9-4-2-1-3-5-9/h1-5,8,10H,6-7H2,(H,18,19). The molecule has 2 rings (SSSR count). The molecule has 0 radical (unpaired) electrons. The molecule has 1 aromatic heterocycles. The summed E-state index contributed by atoms with van der Waals surface area (Å²) in [6.45, 7) is 0.153. The van der Waals surface area contributed by atoms with E-state index in [1.807, 2.05) is 5.10 Å². The molecule has 0 amide bonds. The van der Waals surface area contributed by atoms with Crippen molar-refractivity contribution in [2.45, 2.75) is 25.1 Å². The molecule has 0 bridgehead atoms. The predicted molar refractivity (Wildman–Crippen MR) is 75.0 cm³/mol. The van der Waals surface area contributed by atoms with Crippen molar-refractivity contribution in [3.05, 3.63) is 57.4 Å². The maximum Gasteiger partial charge on any atom is 0.442 e. The maximum absolute atomic E-state index is 12.8. The molecule has 1 unspecified atom stereocenters. The van der Waals surface area contributed by atoms with Gasteiger partial charge in [-0.05, 0) is 5.56 Å². The Kier molecular flexibility index (Phi) is 5.17. The largest absolute Gasteiger partial charge is 0.464 e. The van der Waals surface area contributed by atoms with Gasteiger partial charge in [-0.3, -0.25) is 20.0 Å². The Morgan fingerprint density at radius 1 is 1.29 bits per heavy atom. The summed E-state index contributed by atoms with van der Waals surface area (Å²) in [5.41, 5.74) is -2.35. The summed E-state index contributed by atoms with van der Waals surface area (Å²) in [5, 5.41) is 16.0. The van der Waals surface area contributed by atoms with Crippen molar-refractivity contribution in [2.75, 3.05) is 0 Å². The number of H-pyrrole nitrogens is 1. The number of halogens is 3. The first-order valence-electron chi connectivity index (χ1n) is 6.74. The number of nitro groups is 1. The number of carbonyl (C=O) groups is 1. The Bertz CT molecular complexity index is 716. The zero-order chi connectivity index (χ0) is 17.7. The Hall–Kier alpha value is -2.91. The van der Waals surface area contributed by atoms with Crippen molar-refractivity contribution >= 4 is 12.2 Å². The molecule has 0 aliphatic heterocycles. The van der Waals surface area contributed by atoms with Gasteiger partial charge >= 0.3 is 11.9 Å². The summed E-state index contributed by atoms with van der Waals surface area (Å²) in [6, 6.07) is 8.74. The lowest BCUT2D eigenvalue weighted by molar-refractivity contribution is -0.388. The lowest BCUT2D eigenvalue weighted by atomic mass is 10.0. The van der Waals surface area contributed by atoms with Gasteiger partial charge in [0.1, 0.15) is 11.8 Å². The summed E-state index contributed by atoms with van der Waals surface area (Å²) in [7, 11) is 0. The minimum Gasteiger partial charge on any atom is -0.464 e. The number of rotatable bonds is 7. The van der Waals surface area contributed by atoms with E-state index in [1.165, 1.54) is 0 Å². The number of nitrogens with zero attached hydrogens (tertiary/aromatic N) is 2. The van der Waals surface area contributed by atoms with Gasteiger partial charge in [0.05, 0.1) is 4.92 Å². The Labute approximate surface area is 133 Å². The average molecular weight is 343 g/mol. The zero-order valence-corrected chi connectivity index (χ0v) is 12.1. The van der Waals surface area contributed by atoms with Gasteiger partial charge in [0.15, 0.2) is 0 Å². The van der Waals surface area contributed by atoms with Crippen LogP contribution in [0.2, 0.25) is 0 Å². The summed E-state index contributed by atoms with van der Waals surface area (Å²) < 4.78 is 43.2. The van der Waals surface area contributed by atoms with Crippen molar-refractivity contribution < 1.29 is 27.6 Å². The second-order valence-electron chi connectivity index (χ2n) is 4.90. The van der Waals surface area contributed by atoms with Crippen LogP contribution in [0.3, 0.4) is 0 Å². The third-order valence-electron chi connectivity index (χ3n) is 3.25. The van der Waals surface area contributed by atoms with E-state index in [0.29, 0.717) is 0 Å². The number of benzene rings is 1. The molecule has 24 heavy (non-hydrogen) atoms. The fraction of sp³-hybridized carbons (Fsp3) is 0.286. The number of hydrogen-bond donors (Lipinski definition) is 1. The van der Waals surface area contributed by atoms with Crippen molar-refractivity contribution in [2.24, 2.45) is 0 Å². The van der Waals surface area contributed by atoms with E-state index in [-0.39, 0.29) is 25.0 Å². The second-order valence-corrected chi connectivity index (χ2v) is 4.90. The average Bonchev–Trinajstić information content (AvgIpc) is 2.92. The SMILES string of the molecule is O=COC(Cc1ccccc1)Cc1[nH]nc(C(F)(F)F)c1[N+](=O)[O-]. The highest BCUT2D eigenvalue weighted by atomic mass is 19.4. The normalized spacial score (nSPS) is 12.6. The molecule has 1 heterocycles. The molecule has 10 heteroatoms. The third kappa shape index (κ3) is 4.09. The lowest BCUT2D eigenvalue weighted by Crippen LogP contribution is -2.19. The summed E-state index contributed by atoms with van der Waals surface area (Å²) in [5.74, 6) is 0. The number of carbonyl (C=O) groups excluding carboxylic acids is 1. The first-order chi connectivity index (χ1) is 11.3. The fourth-order valence-electron chi connectivity index (χ4n) is 2.26. The number of nitrogens with one attached hydrogen (secondary N) is 1. The molecule has 128 valence electrons. The van der Waals surface area contributed by atoms with Crippen LogP contribution in [0.1, 0.15) is 17.0 Å². The van der Waals surface area contributed by atoms with Crippen molar-refractivity contribution in [3.8, 4) is 0 Å². The van der Waals surface area contributed by atoms with E-state index < -0.39 is 28.6 Å². The summed E-state index contributed by atoms with van der Waals surface area (Å²) in [6.07, 6.45) is -5.94. The van der Waals surface area contributed by atoms with E-state index in [0.717, 1.165) is 5.56 Å². The van der Waals surface area contributed by atoms with Crippen molar-refractivity contribution in [1.82, 2.24) is 10.2 Å². The van der Waals surface area contributed by atoms with E-state index in [2.05, 4.69) is 5.10 Å². The van der Waals surface area contributed by atoms with Gasteiger partial charge in [-0.2, -0.15) is 18.3 Å². The molecule has 1 N–H and O–H groups in total. The van der Waals surface area contributed by atoms with E-state index in [9.17, 15) is 28.1 Å². The van der Waals surface area contributed by atoms with Crippen LogP contribution in [0.5, 0.6) is 0 Å². The van der Waals surface area contributed by atoms with Crippen LogP contribution in [-0.4, -0.2) is 27.7 Å². The van der Waals surface area contributed by atoms with Crippen LogP contribution in [0, 0.1) is 10.1 Å². The molecule has 2 aromatic rings. The number of hydrogen-bond acceptors (Lipinski definition) is 5. The number of aromatic nitrogens is 2. The molecular formula is C14H12F3N3O4. The topological polar surface area (TPSA) is 98.1 Å². The maximum atomic E-state index is 12.8. The van der Waals surface area contributed by atoms with Gasteiger partial charge in [-0.25, -0.2) is 0 Å².